The van der Waals surface area contributed by atoms with Crippen LogP contribution in [0.4, 0.5) is 10.5 Å². The number of rotatable bonds is 4. The average Bonchev–Trinajstić information content (AvgIpc) is 3.35. The zero-order valence-corrected chi connectivity index (χ0v) is 18.5. The Hall–Kier alpha value is -2.50. The molecule has 5 nitrogen and oxygen atoms in total. The minimum Gasteiger partial charge on any atom is -0.329 e. The van der Waals surface area contributed by atoms with Gasteiger partial charge in [0.25, 0.3) is 0 Å². The Kier molecular flexibility index (Phi) is 6.02. The number of halogens is 2. The first-order valence-corrected chi connectivity index (χ1v) is 10.8. The van der Waals surface area contributed by atoms with Crippen LogP contribution in [0.3, 0.4) is 0 Å². The Morgan fingerprint density at radius 2 is 1.83 bits per heavy atom. The molecule has 1 saturated heterocycles. The number of nitrogens with zero attached hydrogens (tertiary/aromatic N) is 3. The van der Waals surface area contributed by atoms with E-state index >= 15 is 0 Å². The predicted molar refractivity (Wildman–Crippen MR) is 121 cm³/mol. The van der Waals surface area contributed by atoms with Crippen molar-refractivity contribution in [3.63, 3.8) is 0 Å². The topological polar surface area (TPSA) is 50.2 Å². The fourth-order valence-corrected chi connectivity index (χ4v) is 4.56. The Bertz CT molecular complexity index is 1040. The number of hydrogen-bond donors (Lipinski definition) is 1. The highest BCUT2D eigenvalue weighted by molar-refractivity contribution is 6.31. The summed E-state index contributed by atoms with van der Waals surface area (Å²) >= 11 is 12.1. The molecule has 2 heterocycles. The van der Waals surface area contributed by atoms with Crippen LogP contribution in [-0.2, 0) is 6.54 Å². The van der Waals surface area contributed by atoms with E-state index < -0.39 is 0 Å². The van der Waals surface area contributed by atoms with E-state index in [-0.39, 0.29) is 12.1 Å². The van der Waals surface area contributed by atoms with Crippen LogP contribution in [0.25, 0.3) is 0 Å². The fourth-order valence-electron chi connectivity index (χ4n) is 4.10. The molecule has 2 amide bonds. The number of urea groups is 1. The van der Waals surface area contributed by atoms with Crippen LogP contribution < -0.4 is 5.32 Å². The molecule has 1 aliphatic heterocycles. The van der Waals surface area contributed by atoms with Crippen molar-refractivity contribution in [2.75, 3.05) is 11.9 Å². The third-order valence-corrected chi connectivity index (χ3v) is 6.03. The van der Waals surface area contributed by atoms with Crippen LogP contribution in [-0.4, -0.2) is 27.0 Å². The van der Waals surface area contributed by atoms with Gasteiger partial charge < -0.3 is 14.8 Å². The molecule has 7 heteroatoms. The van der Waals surface area contributed by atoms with Crippen LogP contribution in [0.5, 0.6) is 0 Å². The monoisotopic (exact) mass is 442 g/mol. The molecule has 1 fully saturated rings. The predicted octanol–water partition coefficient (Wildman–Crippen LogP) is 6.22. The molecule has 0 bridgehead atoms. The second-order valence-corrected chi connectivity index (χ2v) is 8.61. The molecule has 0 saturated carbocycles. The van der Waals surface area contributed by atoms with E-state index in [0.717, 1.165) is 46.1 Å². The van der Waals surface area contributed by atoms with Gasteiger partial charge in [-0.25, -0.2) is 9.78 Å². The normalized spacial score (nSPS) is 16.1. The van der Waals surface area contributed by atoms with Gasteiger partial charge >= 0.3 is 6.03 Å². The molecule has 1 aromatic heterocycles. The number of carbonyl (C=O) groups is 1. The smallest absolute Gasteiger partial charge is 0.322 e. The highest BCUT2D eigenvalue weighted by Gasteiger charge is 2.33. The molecule has 0 radical (unpaired) electrons. The van der Waals surface area contributed by atoms with Crippen molar-refractivity contribution in [3.8, 4) is 0 Å². The van der Waals surface area contributed by atoms with E-state index in [9.17, 15) is 4.79 Å². The Morgan fingerprint density at radius 1 is 1.13 bits per heavy atom. The van der Waals surface area contributed by atoms with Crippen LogP contribution in [0.2, 0.25) is 10.0 Å². The van der Waals surface area contributed by atoms with Crippen LogP contribution in [0.15, 0.2) is 48.8 Å². The lowest BCUT2D eigenvalue weighted by atomic mass is 10.1. The van der Waals surface area contributed by atoms with Crippen molar-refractivity contribution in [1.82, 2.24) is 14.5 Å². The fraction of sp³-hybridized carbons (Fsp3) is 0.304. The molecule has 0 spiro atoms. The molecular formula is C23H24Cl2N4O. The van der Waals surface area contributed by atoms with Gasteiger partial charge in [0, 0.05) is 41.2 Å². The minimum absolute atomic E-state index is 0.0554. The highest BCUT2D eigenvalue weighted by atomic mass is 35.5. The van der Waals surface area contributed by atoms with Crippen LogP contribution >= 0.6 is 23.2 Å². The summed E-state index contributed by atoms with van der Waals surface area (Å²) in [5.41, 5.74) is 3.86. The number of benzene rings is 2. The number of aromatic nitrogens is 2. The Balaban J connectivity index is 1.54. The first kappa shape index (κ1) is 20.8. The van der Waals surface area contributed by atoms with Gasteiger partial charge in [0.1, 0.15) is 5.82 Å². The first-order valence-electron chi connectivity index (χ1n) is 10.0. The molecule has 30 heavy (non-hydrogen) atoms. The second kappa shape index (κ2) is 8.70. The summed E-state index contributed by atoms with van der Waals surface area (Å²) < 4.78 is 2.11. The number of likely N-dealkylation sites (tertiary alicyclic amines) is 1. The zero-order chi connectivity index (χ0) is 21.3. The summed E-state index contributed by atoms with van der Waals surface area (Å²) in [4.78, 5) is 19.6. The molecule has 0 aliphatic carbocycles. The highest BCUT2D eigenvalue weighted by Crippen LogP contribution is 2.33. The van der Waals surface area contributed by atoms with E-state index in [1.54, 1.807) is 6.20 Å². The minimum atomic E-state index is -0.105. The average molecular weight is 443 g/mol. The quantitative estimate of drug-likeness (QED) is 0.520. The van der Waals surface area contributed by atoms with Gasteiger partial charge in [-0.1, -0.05) is 35.3 Å². The maximum absolute atomic E-state index is 13.1. The van der Waals surface area contributed by atoms with E-state index in [0.29, 0.717) is 18.1 Å². The van der Waals surface area contributed by atoms with E-state index in [2.05, 4.69) is 14.9 Å². The molecular weight excluding hydrogens is 419 g/mol. The van der Waals surface area contributed by atoms with E-state index in [4.69, 9.17) is 23.2 Å². The largest absolute Gasteiger partial charge is 0.329 e. The summed E-state index contributed by atoms with van der Waals surface area (Å²) in [5, 5.41) is 4.48. The third kappa shape index (κ3) is 4.32. The van der Waals surface area contributed by atoms with Crippen molar-refractivity contribution in [1.29, 1.82) is 0 Å². The maximum atomic E-state index is 13.1. The van der Waals surface area contributed by atoms with Gasteiger partial charge in [0.05, 0.1) is 6.04 Å². The lowest BCUT2D eigenvalue weighted by Crippen LogP contribution is -2.36. The maximum Gasteiger partial charge on any atom is 0.322 e. The van der Waals surface area contributed by atoms with Gasteiger partial charge in [0.15, 0.2) is 0 Å². The number of hydrogen-bond acceptors (Lipinski definition) is 2. The molecule has 1 atom stereocenters. The molecule has 1 aliphatic rings. The molecule has 2 aromatic carbocycles. The molecule has 4 rings (SSSR count). The molecule has 0 unspecified atom stereocenters. The van der Waals surface area contributed by atoms with Crippen LogP contribution in [0.1, 0.15) is 41.4 Å². The summed E-state index contributed by atoms with van der Waals surface area (Å²) in [6.07, 6.45) is 5.60. The van der Waals surface area contributed by atoms with E-state index in [1.165, 1.54) is 0 Å². The summed E-state index contributed by atoms with van der Waals surface area (Å²) in [5.74, 6) is 0.905. The van der Waals surface area contributed by atoms with Crippen molar-refractivity contribution >= 4 is 34.9 Å². The van der Waals surface area contributed by atoms with Crippen molar-refractivity contribution in [3.05, 3.63) is 81.4 Å². The summed E-state index contributed by atoms with van der Waals surface area (Å²) in [6.45, 7) is 5.30. The lowest BCUT2D eigenvalue weighted by Gasteiger charge is -2.26. The number of nitrogens with one attached hydrogen (secondary N) is 1. The Labute approximate surface area is 186 Å². The second-order valence-electron chi connectivity index (χ2n) is 7.74. The number of amides is 2. The number of aryl methyl sites for hydroxylation is 2. The molecule has 3 aromatic rings. The number of imidazole rings is 1. The van der Waals surface area contributed by atoms with Gasteiger partial charge in [-0.05, 0) is 67.6 Å². The van der Waals surface area contributed by atoms with Gasteiger partial charge in [0.2, 0.25) is 0 Å². The zero-order valence-electron chi connectivity index (χ0n) is 17.0. The molecule has 156 valence electrons. The van der Waals surface area contributed by atoms with Crippen molar-refractivity contribution in [2.45, 2.75) is 39.3 Å². The Morgan fingerprint density at radius 3 is 2.53 bits per heavy atom. The standard InChI is InChI=1S/C23H24Cl2N4O/c1-15-12-19(25)13-16(2)21(15)27-23(30)29-10-3-4-20(29)22-26-9-11-28(22)14-17-5-7-18(24)8-6-17/h5-9,11-13,20H,3-4,10,14H2,1-2H3,(H,27,30)/t20-/m1/s1. The molecule has 1 N–H and O–H groups in total. The van der Waals surface area contributed by atoms with Gasteiger partial charge in [-0.2, -0.15) is 0 Å². The number of carbonyl (C=O) groups excluding carboxylic acids is 1. The van der Waals surface area contributed by atoms with Crippen molar-refractivity contribution in [2.24, 2.45) is 0 Å². The first-order chi connectivity index (χ1) is 14.4. The lowest BCUT2D eigenvalue weighted by molar-refractivity contribution is 0.204. The number of anilines is 1. The van der Waals surface area contributed by atoms with Gasteiger partial charge in [-0.15, -0.1) is 0 Å². The van der Waals surface area contributed by atoms with Gasteiger partial charge in [-0.3, -0.25) is 0 Å². The van der Waals surface area contributed by atoms with Crippen LogP contribution in [0, 0.1) is 13.8 Å². The van der Waals surface area contributed by atoms with Crippen molar-refractivity contribution < 1.29 is 4.79 Å². The third-order valence-electron chi connectivity index (χ3n) is 5.55. The summed E-state index contributed by atoms with van der Waals surface area (Å²) in [7, 11) is 0. The summed E-state index contributed by atoms with van der Waals surface area (Å²) in [6, 6.07) is 11.4. The SMILES string of the molecule is Cc1cc(Cl)cc(C)c1NC(=O)N1CCC[C@@H]1c1nccn1Cc1ccc(Cl)cc1. The van der Waals surface area contributed by atoms with E-state index in [1.807, 2.05) is 61.3 Å².